The summed E-state index contributed by atoms with van der Waals surface area (Å²) in [4.78, 5) is 10.7. The molecule has 0 spiro atoms. The molecule has 1 atom stereocenters. The lowest BCUT2D eigenvalue weighted by Crippen LogP contribution is -2.15. The van der Waals surface area contributed by atoms with Crippen molar-refractivity contribution >= 4 is 17.8 Å². The zero-order valence-corrected chi connectivity index (χ0v) is 9.08. The van der Waals surface area contributed by atoms with Crippen molar-refractivity contribution in [2.75, 3.05) is 33.5 Å². The van der Waals surface area contributed by atoms with E-state index in [1.165, 1.54) is 6.92 Å². The quantitative estimate of drug-likeness (QED) is 0.373. The van der Waals surface area contributed by atoms with Gasteiger partial charge in [-0.2, -0.15) is 0 Å². The summed E-state index contributed by atoms with van der Waals surface area (Å²) in [5, 5.41) is 0. The highest BCUT2D eigenvalue weighted by Crippen LogP contribution is 1.97. The smallest absolute Gasteiger partial charge is 0.432 e. The second-order valence-corrected chi connectivity index (χ2v) is 2.98. The molecule has 84 valence electrons. The summed E-state index contributed by atoms with van der Waals surface area (Å²) in [6, 6.07) is 0. The minimum atomic E-state index is -0.789. The summed E-state index contributed by atoms with van der Waals surface area (Å²) in [7, 11) is 1.58. The molecule has 1 unspecified atom stereocenters. The van der Waals surface area contributed by atoms with Crippen LogP contribution in [-0.2, 0) is 18.9 Å². The molecule has 0 radical (unpaired) electrons. The molecule has 0 aromatic carbocycles. The SMILES string of the molecule is COCCOCCOC(=O)OC(C)Cl. The Hall–Kier alpha value is -0.520. The number of ether oxygens (including phenoxy) is 4. The zero-order valence-electron chi connectivity index (χ0n) is 8.32. The predicted molar refractivity (Wildman–Crippen MR) is 50.4 cm³/mol. The van der Waals surface area contributed by atoms with Gasteiger partial charge in [-0.25, -0.2) is 4.79 Å². The van der Waals surface area contributed by atoms with Crippen LogP contribution >= 0.6 is 11.6 Å². The maximum atomic E-state index is 10.7. The van der Waals surface area contributed by atoms with Crippen LogP contribution in [0.3, 0.4) is 0 Å². The number of hydrogen-bond acceptors (Lipinski definition) is 5. The van der Waals surface area contributed by atoms with Crippen LogP contribution in [0.1, 0.15) is 6.92 Å². The highest BCUT2D eigenvalue weighted by molar-refractivity contribution is 6.19. The Labute approximate surface area is 88.2 Å². The molecule has 0 N–H and O–H groups in total. The molecule has 0 aliphatic carbocycles. The lowest BCUT2D eigenvalue weighted by Gasteiger charge is -2.07. The monoisotopic (exact) mass is 226 g/mol. The van der Waals surface area contributed by atoms with E-state index in [1.54, 1.807) is 7.11 Å². The molecule has 0 amide bonds. The van der Waals surface area contributed by atoms with Gasteiger partial charge >= 0.3 is 6.16 Å². The van der Waals surface area contributed by atoms with Crippen LogP contribution < -0.4 is 0 Å². The summed E-state index contributed by atoms with van der Waals surface area (Å²) in [6.07, 6.45) is -0.789. The Morgan fingerprint density at radius 2 is 1.93 bits per heavy atom. The fourth-order valence-corrected chi connectivity index (χ4v) is 0.668. The van der Waals surface area contributed by atoms with Crippen LogP contribution in [0.5, 0.6) is 0 Å². The molecule has 0 heterocycles. The average molecular weight is 227 g/mol. The maximum absolute atomic E-state index is 10.7. The lowest BCUT2D eigenvalue weighted by atomic mass is 10.7. The van der Waals surface area contributed by atoms with Crippen LogP contribution in [0.15, 0.2) is 0 Å². The average Bonchev–Trinajstić information content (AvgIpc) is 2.10. The summed E-state index contributed by atoms with van der Waals surface area (Å²) >= 11 is 5.38. The van der Waals surface area contributed by atoms with E-state index in [4.69, 9.17) is 21.1 Å². The predicted octanol–water partition coefficient (Wildman–Crippen LogP) is 1.39. The number of methoxy groups -OCH3 is 1. The van der Waals surface area contributed by atoms with Crippen molar-refractivity contribution in [3.8, 4) is 0 Å². The van der Waals surface area contributed by atoms with Gasteiger partial charge < -0.3 is 18.9 Å². The molecule has 6 heteroatoms. The van der Waals surface area contributed by atoms with Gasteiger partial charge in [-0.05, 0) is 6.92 Å². The first kappa shape index (κ1) is 13.5. The van der Waals surface area contributed by atoms with Crippen molar-refractivity contribution < 1.29 is 23.7 Å². The molecule has 0 fully saturated rings. The first-order chi connectivity index (χ1) is 6.66. The Morgan fingerprint density at radius 1 is 1.29 bits per heavy atom. The van der Waals surface area contributed by atoms with Crippen molar-refractivity contribution in [3.63, 3.8) is 0 Å². The molecule has 0 bridgehead atoms. The van der Waals surface area contributed by atoms with E-state index in [1.807, 2.05) is 0 Å². The highest BCUT2D eigenvalue weighted by Gasteiger charge is 2.06. The van der Waals surface area contributed by atoms with Crippen molar-refractivity contribution in [1.82, 2.24) is 0 Å². The molecule has 0 aliphatic rings. The van der Waals surface area contributed by atoms with Gasteiger partial charge in [0.2, 0.25) is 0 Å². The van der Waals surface area contributed by atoms with Crippen molar-refractivity contribution in [3.05, 3.63) is 0 Å². The van der Waals surface area contributed by atoms with Crippen LogP contribution in [-0.4, -0.2) is 45.3 Å². The third kappa shape index (κ3) is 9.57. The lowest BCUT2D eigenvalue weighted by molar-refractivity contribution is 0.0129. The van der Waals surface area contributed by atoms with Gasteiger partial charge in [-0.15, -0.1) is 0 Å². The van der Waals surface area contributed by atoms with Crippen LogP contribution in [0, 0.1) is 0 Å². The van der Waals surface area contributed by atoms with E-state index in [0.29, 0.717) is 19.8 Å². The molecular weight excluding hydrogens is 212 g/mol. The molecule has 14 heavy (non-hydrogen) atoms. The Bertz CT molecular complexity index is 151. The first-order valence-corrected chi connectivity index (χ1v) is 4.64. The Kier molecular flexibility index (Phi) is 8.72. The van der Waals surface area contributed by atoms with Gasteiger partial charge in [-0.1, -0.05) is 11.6 Å². The van der Waals surface area contributed by atoms with Crippen LogP contribution in [0.25, 0.3) is 0 Å². The summed E-state index contributed by atoms with van der Waals surface area (Å²) in [6.45, 7) is 2.98. The normalized spacial score (nSPS) is 12.2. The van der Waals surface area contributed by atoms with Crippen LogP contribution in [0.2, 0.25) is 0 Å². The molecule has 0 aromatic rings. The number of halogens is 1. The number of carbonyl (C=O) groups is 1. The van der Waals surface area contributed by atoms with Gasteiger partial charge in [0.25, 0.3) is 0 Å². The van der Waals surface area contributed by atoms with Crippen LogP contribution in [0.4, 0.5) is 4.79 Å². The minimum absolute atomic E-state index is 0.145. The molecule has 0 saturated carbocycles. The van der Waals surface area contributed by atoms with Gasteiger partial charge in [0.05, 0.1) is 19.8 Å². The molecular formula is C8H15ClO5. The molecule has 0 rings (SSSR count). The standard InChI is InChI=1S/C8H15ClO5/c1-7(9)14-8(10)13-6-5-12-4-3-11-2/h7H,3-6H2,1-2H3. The van der Waals surface area contributed by atoms with E-state index in [9.17, 15) is 4.79 Å². The number of carbonyl (C=O) groups excluding carboxylic acids is 1. The van der Waals surface area contributed by atoms with Gasteiger partial charge in [-0.3, -0.25) is 0 Å². The minimum Gasteiger partial charge on any atom is -0.432 e. The largest absolute Gasteiger partial charge is 0.509 e. The molecule has 0 aromatic heterocycles. The molecule has 0 saturated heterocycles. The van der Waals surface area contributed by atoms with E-state index in [-0.39, 0.29) is 6.61 Å². The number of hydrogen-bond donors (Lipinski definition) is 0. The van der Waals surface area contributed by atoms with E-state index in [2.05, 4.69) is 9.47 Å². The van der Waals surface area contributed by atoms with E-state index < -0.39 is 11.7 Å². The van der Waals surface area contributed by atoms with Crippen molar-refractivity contribution in [2.24, 2.45) is 0 Å². The second-order valence-electron chi connectivity index (χ2n) is 2.36. The third-order valence-corrected chi connectivity index (χ3v) is 1.23. The fourth-order valence-electron chi connectivity index (χ4n) is 0.595. The van der Waals surface area contributed by atoms with Crippen molar-refractivity contribution in [2.45, 2.75) is 12.5 Å². The maximum Gasteiger partial charge on any atom is 0.509 e. The zero-order chi connectivity index (χ0) is 10.8. The summed E-state index contributed by atoms with van der Waals surface area (Å²) < 4.78 is 18.9. The highest BCUT2D eigenvalue weighted by atomic mass is 35.5. The fraction of sp³-hybridized carbons (Fsp3) is 0.875. The van der Waals surface area contributed by atoms with E-state index >= 15 is 0 Å². The summed E-state index contributed by atoms with van der Waals surface area (Å²) in [5.74, 6) is 0. The number of alkyl halides is 1. The topological polar surface area (TPSA) is 54.0 Å². The van der Waals surface area contributed by atoms with Gasteiger partial charge in [0.15, 0.2) is 5.56 Å². The molecule has 5 nitrogen and oxygen atoms in total. The Balaban J connectivity index is 3.15. The van der Waals surface area contributed by atoms with Gasteiger partial charge in [0, 0.05) is 7.11 Å². The second kappa shape index (κ2) is 9.05. The number of rotatable bonds is 7. The first-order valence-electron chi connectivity index (χ1n) is 4.21. The third-order valence-electron chi connectivity index (χ3n) is 1.14. The van der Waals surface area contributed by atoms with E-state index in [0.717, 1.165) is 0 Å². The van der Waals surface area contributed by atoms with Gasteiger partial charge in [0.1, 0.15) is 6.61 Å². The summed E-state index contributed by atoms with van der Waals surface area (Å²) in [5.41, 5.74) is -0.683. The van der Waals surface area contributed by atoms with Crippen molar-refractivity contribution in [1.29, 1.82) is 0 Å². The Morgan fingerprint density at radius 3 is 2.50 bits per heavy atom. The molecule has 0 aliphatic heterocycles.